The normalized spacial score (nSPS) is 8.09. The van der Waals surface area contributed by atoms with Gasteiger partial charge < -0.3 is 0 Å². The van der Waals surface area contributed by atoms with Crippen molar-refractivity contribution >= 4 is 0 Å². The molecule has 0 aliphatic carbocycles. The van der Waals surface area contributed by atoms with Gasteiger partial charge in [-0.15, -0.1) is 0 Å². The molecule has 78 heavy (non-hydrogen) atoms. The monoisotopic (exact) mass is 1090 g/mol. The molecule has 0 spiro atoms. The van der Waals surface area contributed by atoms with E-state index in [1.165, 1.54) is 72.3 Å². The van der Waals surface area contributed by atoms with Crippen LogP contribution >= 0.6 is 0 Å². The van der Waals surface area contributed by atoms with Crippen molar-refractivity contribution in [2.45, 2.75) is 55.9 Å². The predicted octanol–water partition coefficient (Wildman–Crippen LogP) is 21.1. The summed E-state index contributed by atoms with van der Waals surface area (Å²) in [5, 5.41) is 0. The smallest absolute Gasteiger partial charge is 0.0184 e. The first-order chi connectivity index (χ1) is 32.7. The van der Waals surface area contributed by atoms with Crippen molar-refractivity contribution in [1.29, 1.82) is 0 Å². The molecule has 0 atom stereocenters. The van der Waals surface area contributed by atoms with E-state index in [0.717, 1.165) is 0 Å². The molecule has 0 aliphatic rings. The lowest BCUT2D eigenvalue weighted by molar-refractivity contribution is 1.11. The van der Waals surface area contributed by atoms with Crippen LogP contribution in [0.3, 0.4) is 0 Å². The molecule has 0 saturated carbocycles. The van der Waals surface area contributed by atoms with Gasteiger partial charge in [0.05, 0.1) is 0 Å². The topological polar surface area (TPSA) is 0 Å². The molecule has 10 rings (SSSR count). The first kappa shape index (κ1) is 86.2. The maximum Gasteiger partial charge on any atom is -0.0184 e. The van der Waals surface area contributed by atoms with Gasteiger partial charge in [-0.1, -0.05) is 331 Å². The predicted molar refractivity (Wildman–Crippen MR) is 326 cm³/mol. The maximum atomic E-state index is 2.16. The third-order valence-electron chi connectivity index (χ3n) is 10.2. The van der Waals surface area contributed by atoms with E-state index in [-0.39, 0.29) is 54.5 Å². The molecule has 0 fully saturated rings. The quantitative estimate of drug-likeness (QED) is 0.155. The van der Waals surface area contributed by atoms with Crippen molar-refractivity contribution < 1.29 is 47.0 Å². The van der Waals surface area contributed by atoms with Gasteiger partial charge in [0, 0.05) is 0 Å². The van der Waals surface area contributed by atoms with E-state index in [2.05, 4.69) is 243 Å². The van der Waals surface area contributed by atoms with Crippen LogP contribution in [0.4, 0.5) is 47.0 Å². The second-order valence-corrected chi connectivity index (χ2v) is 16.3. The van der Waals surface area contributed by atoms with Crippen molar-refractivity contribution in [3.63, 3.8) is 0 Å². The number of hydrogen-bond acceptors (Lipinski definition) is 0. The number of hydrogen-bond donors (Lipinski definition) is 0. The highest BCUT2D eigenvalue weighted by Gasteiger charge is 1.96. The summed E-state index contributed by atoms with van der Waals surface area (Å²) in [6.07, 6.45) is 0. The van der Waals surface area contributed by atoms with Crippen LogP contribution in [0.15, 0.2) is 285 Å². The Labute approximate surface area is 458 Å². The average molecular weight is 1090 g/mol. The number of halogens is 10. The van der Waals surface area contributed by atoms with Crippen LogP contribution in [0.1, 0.15) is 46.4 Å². The van der Waals surface area contributed by atoms with Crippen LogP contribution in [0.5, 0.6) is 0 Å². The fourth-order valence-electron chi connectivity index (χ4n) is 6.27. The van der Waals surface area contributed by atoms with Crippen molar-refractivity contribution in [3.8, 4) is 33.4 Å². The zero-order valence-corrected chi connectivity index (χ0v) is 44.7. The van der Waals surface area contributed by atoms with Gasteiger partial charge in [0.25, 0.3) is 0 Å². The van der Waals surface area contributed by atoms with Gasteiger partial charge in [0.15, 0.2) is 0 Å². The second kappa shape index (κ2) is 52.0. The van der Waals surface area contributed by atoms with Gasteiger partial charge in [-0.2, -0.15) is 0 Å². The van der Waals surface area contributed by atoms with Gasteiger partial charge >= 0.3 is 0 Å². The molecule has 0 heterocycles. The Hall–Kier alpha value is -8.50. The molecule has 0 radical (unpaired) electrons. The van der Waals surface area contributed by atoms with Crippen molar-refractivity contribution in [3.05, 3.63) is 324 Å². The van der Waals surface area contributed by atoms with Crippen molar-refractivity contribution in [2.24, 2.45) is 0 Å². The molecule has 10 aromatic rings. The van der Waals surface area contributed by atoms with Crippen LogP contribution < -0.4 is 0 Å². The van der Waals surface area contributed by atoms with Gasteiger partial charge in [0.2, 0.25) is 0 Å². The molecule has 10 heteroatoms. The molecule has 0 nitrogen and oxygen atoms in total. The highest BCUT2D eigenvalue weighted by molar-refractivity contribution is 5.65. The zero-order chi connectivity index (χ0) is 47.7. The highest BCUT2D eigenvalue weighted by Crippen LogP contribution is 2.21. The van der Waals surface area contributed by atoms with Crippen LogP contribution in [-0.2, 0) is 0 Å². The second-order valence-electron chi connectivity index (χ2n) is 16.3. The van der Waals surface area contributed by atoms with Gasteiger partial charge in [0.1, 0.15) is 0 Å². The summed E-state index contributed by atoms with van der Waals surface area (Å²) in [5.74, 6) is 0. The highest BCUT2D eigenvalue weighted by atomic mass is 19.0. The van der Waals surface area contributed by atoms with E-state index < -0.39 is 0 Å². The summed E-state index contributed by atoms with van der Waals surface area (Å²) in [6.45, 7) is 14.7. The Bertz CT molecular complexity index is 2390. The molecule has 0 amide bonds. The minimum atomic E-state index is 0. The van der Waals surface area contributed by atoms with Crippen molar-refractivity contribution in [1.82, 2.24) is 0 Å². The summed E-state index contributed by atoms with van der Waals surface area (Å²) < 4.78 is 0. The largest absolute Gasteiger partial charge is 0.269 e. The fraction of sp³-hybridized carbons (Fsp3) is 0.118. The third-order valence-corrected chi connectivity index (χ3v) is 10.2. The first-order valence-electron chi connectivity index (χ1n) is 23.1. The van der Waals surface area contributed by atoms with Crippen LogP contribution in [0, 0.1) is 48.5 Å². The molecule has 0 bridgehead atoms. The minimum absolute atomic E-state index is 0. The van der Waals surface area contributed by atoms with Crippen LogP contribution in [-0.4, -0.2) is 0 Å². The molecule has 10 aromatic carbocycles. The number of aryl methyl sites for hydroxylation is 7. The maximum absolute atomic E-state index is 2.16. The first-order valence-corrected chi connectivity index (χ1v) is 23.1. The van der Waals surface area contributed by atoms with Gasteiger partial charge in [-0.3, -0.25) is 47.0 Å². The molecule has 0 aliphatic heterocycles. The van der Waals surface area contributed by atoms with E-state index in [4.69, 9.17) is 0 Å². The van der Waals surface area contributed by atoms with Crippen LogP contribution in [0.2, 0.25) is 0 Å². The Morgan fingerprint density at radius 2 is 0.231 bits per heavy atom. The third kappa shape index (κ3) is 37.3. The molecule has 0 N–H and O–H groups in total. The minimum Gasteiger partial charge on any atom is -0.269 e. The molecule has 0 unspecified atom stereocenters. The summed E-state index contributed by atoms with van der Waals surface area (Å²) in [7, 11) is 0. The Morgan fingerprint density at radius 3 is 0.346 bits per heavy atom. The number of benzene rings is 10. The summed E-state index contributed by atoms with van der Waals surface area (Å²) in [5.41, 5.74) is 16.9. The van der Waals surface area contributed by atoms with E-state index in [0.29, 0.717) is 0 Å². The zero-order valence-electron chi connectivity index (χ0n) is 44.7. The van der Waals surface area contributed by atoms with E-state index in [1.54, 1.807) is 0 Å². The Balaban J connectivity index is -0.000000121. The summed E-state index contributed by atoms with van der Waals surface area (Å²) in [4.78, 5) is 0. The molecular weight excluding hydrogens is 1010 g/mol. The fourth-order valence-corrected chi connectivity index (χ4v) is 6.27. The molecule has 0 aromatic heterocycles. The summed E-state index contributed by atoms with van der Waals surface area (Å²) in [6, 6.07) is 98.1. The SMILES string of the molecule is C.Cc1ccc(-c2ccccc2)cc1.Cc1ccc(-c2ccccc2)cc1.Cc1ccc(-c2ccccc2)cc1.Cc1ccccc1.Cc1ccccc1.Cc1ccccc1.Cc1ccccc1.F.F.F.F.F.F.F.F.F.F. The Kier molecular flexibility index (Phi) is 57.4. The molecular formula is C68H82F10. The van der Waals surface area contributed by atoms with Gasteiger partial charge in [-0.25, -0.2) is 0 Å². The van der Waals surface area contributed by atoms with E-state index >= 15 is 0 Å². The Morgan fingerprint density at radius 1 is 0.128 bits per heavy atom. The standard InChI is InChI=1S/3C13H12.4C7H8.CH4.10FH/c3*1-11-7-9-13(10-8-11)12-5-3-2-4-6-12;4*1-7-5-3-2-4-6-7;;;;;;;;;;;/h3*2-10H,1H3;4*2-6H,1H3;1H4;10*1H. The molecule has 0 saturated heterocycles. The van der Waals surface area contributed by atoms with E-state index in [1.807, 2.05) is 91.0 Å². The van der Waals surface area contributed by atoms with Crippen molar-refractivity contribution in [2.75, 3.05) is 0 Å². The molecule has 424 valence electrons. The lowest BCUT2D eigenvalue weighted by Crippen LogP contribution is -1.76. The average Bonchev–Trinajstić information content (AvgIpc) is 3.38. The van der Waals surface area contributed by atoms with Gasteiger partial charge in [-0.05, 0) is 81.8 Å². The van der Waals surface area contributed by atoms with Crippen LogP contribution in [0.25, 0.3) is 33.4 Å². The van der Waals surface area contributed by atoms with E-state index in [9.17, 15) is 0 Å². The lowest BCUT2D eigenvalue weighted by Gasteiger charge is -2.00. The number of rotatable bonds is 3. The summed E-state index contributed by atoms with van der Waals surface area (Å²) >= 11 is 0. The lowest BCUT2D eigenvalue weighted by atomic mass is 10.0.